The second kappa shape index (κ2) is 14.5. The lowest BCUT2D eigenvalue weighted by molar-refractivity contribution is -0.140. The van der Waals surface area contributed by atoms with Gasteiger partial charge in [0.05, 0.1) is 37.7 Å². The molecule has 2 aliphatic heterocycles. The maximum Gasteiger partial charge on any atom is 0.261 e. The Morgan fingerprint density at radius 1 is 0.941 bits per heavy atom. The Kier molecular flexibility index (Phi) is 10.0. The lowest BCUT2D eigenvalue weighted by atomic mass is 9.69. The SMILES string of the molecule is C/C(=C\c1cccc(O)c1)CC[C@H]1OC[C@H]2C1=C(CO[Si](c1ccccc1)(c1ccccc1)C(C)(C)C)C[C@H]1C(=O)N(Cc3cccs3)C(=O)[C@H]12. The average molecular weight is 718 g/mol. The molecule has 3 heterocycles. The number of carbonyl (C=O) groups is 2. The minimum atomic E-state index is -2.87. The first-order chi connectivity index (χ1) is 24.6. The summed E-state index contributed by atoms with van der Waals surface area (Å²) in [6, 6.07) is 32.5. The van der Waals surface area contributed by atoms with Crippen molar-refractivity contribution >= 4 is 47.9 Å². The summed E-state index contributed by atoms with van der Waals surface area (Å²) in [6.45, 7) is 10.1. The zero-order chi connectivity index (χ0) is 35.8. The molecule has 1 aromatic heterocycles. The van der Waals surface area contributed by atoms with Gasteiger partial charge in [-0.05, 0) is 81.9 Å². The second-order valence-electron chi connectivity index (χ2n) is 15.2. The number of allylic oxidation sites excluding steroid dienone is 1. The lowest BCUT2D eigenvalue weighted by Gasteiger charge is -2.44. The molecular weight excluding hydrogens is 671 g/mol. The molecule has 0 bridgehead atoms. The van der Waals surface area contributed by atoms with Crippen LogP contribution in [0.3, 0.4) is 0 Å². The van der Waals surface area contributed by atoms with Crippen LogP contribution in [0.4, 0.5) is 0 Å². The summed E-state index contributed by atoms with van der Waals surface area (Å²) in [4.78, 5) is 30.7. The quantitative estimate of drug-likeness (QED) is 0.0977. The summed E-state index contributed by atoms with van der Waals surface area (Å²) in [5, 5.41) is 14.2. The normalized spacial score (nSPS) is 22.4. The van der Waals surface area contributed by atoms with Gasteiger partial charge in [-0.2, -0.15) is 0 Å². The Labute approximate surface area is 306 Å². The summed E-state index contributed by atoms with van der Waals surface area (Å²) in [5.74, 6) is -0.899. The first-order valence-corrected chi connectivity index (χ1v) is 20.8. The number of ether oxygens (including phenoxy) is 1. The molecule has 0 saturated carbocycles. The van der Waals surface area contributed by atoms with Gasteiger partial charge in [-0.1, -0.05) is 111 Å². The maximum absolute atomic E-state index is 14.1. The van der Waals surface area contributed by atoms with Crippen molar-refractivity contribution in [2.75, 3.05) is 13.2 Å². The molecule has 8 heteroatoms. The number of fused-ring (bicyclic) bond motifs is 3. The third-order valence-electron chi connectivity index (χ3n) is 11.0. The molecular formula is C43H47NO5SSi. The van der Waals surface area contributed by atoms with Crippen LogP contribution in [0.25, 0.3) is 6.08 Å². The molecule has 4 aromatic rings. The highest BCUT2D eigenvalue weighted by Gasteiger charge is 2.57. The van der Waals surface area contributed by atoms with E-state index in [4.69, 9.17) is 9.16 Å². The van der Waals surface area contributed by atoms with Crippen LogP contribution in [0, 0.1) is 17.8 Å². The van der Waals surface area contributed by atoms with Gasteiger partial charge in [0.25, 0.3) is 8.32 Å². The molecule has 3 aliphatic rings. The Hall–Kier alpha value is -4.08. The van der Waals surface area contributed by atoms with E-state index in [9.17, 15) is 14.7 Å². The number of carbonyl (C=O) groups excluding carboxylic acids is 2. The summed E-state index contributed by atoms with van der Waals surface area (Å²) < 4.78 is 14.1. The van der Waals surface area contributed by atoms with E-state index >= 15 is 0 Å². The second-order valence-corrected chi connectivity index (χ2v) is 20.6. The Balaban J connectivity index is 1.25. The van der Waals surface area contributed by atoms with E-state index in [0.29, 0.717) is 26.2 Å². The number of hydrogen-bond acceptors (Lipinski definition) is 6. The van der Waals surface area contributed by atoms with Crippen molar-refractivity contribution in [3.63, 3.8) is 0 Å². The fourth-order valence-electron chi connectivity index (χ4n) is 8.67. The molecule has 0 unspecified atom stereocenters. The van der Waals surface area contributed by atoms with Crippen molar-refractivity contribution < 1.29 is 23.9 Å². The van der Waals surface area contributed by atoms with Gasteiger partial charge >= 0.3 is 0 Å². The highest BCUT2D eigenvalue weighted by molar-refractivity contribution is 7.09. The zero-order valence-electron chi connectivity index (χ0n) is 29.9. The van der Waals surface area contributed by atoms with Crippen molar-refractivity contribution in [3.8, 4) is 5.75 Å². The number of likely N-dealkylation sites (tertiary alicyclic amines) is 1. The Morgan fingerprint density at radius 2 is 1.65 bits per heavy atom. The zero-order valence-corrected chi connectivity index (χ0v) is 31.7. The number of benzene rings is 3. The predicted octanol–water partition coefficient (Wildman–Crippen LogP) is 7.73. The minimum absolute atomic E-state index is 0.0722. The van der Waals surface area contributed by atoms with Crippen molar-refractivity contribution in [2.24, 2.45) is 17.8 Å². The van der Waals surface area contributed by atoms with Crippen LogP contribution >= 0.6 is 11.3 Å². The van der Waals surface area contributed by atoms with Gasteiger partial charge in [0, 0.05) is 10.8 Å². The van der Waals surface area contributed by atoms with Crippen molar-refractivity contribution in [3.05, 3.63) is 130 Å². The summed E-state index contributed by atoms with van der Waals surface area (Å²) in [7, 11) is -2.87. The number of aromatic hydroxyl groups is 1. The minimum Gasteiger partial charge on any atom is -0.508 e. The fourth-order valence-corrected chi connectivity index (χ4v) is 13.9. The molecule has 2 saturated heterocycles. The van der Waals surface area contributed by atoms with Gasteiger partial charge < -0.3 is 14.3 Å². The molecule has 2 amide bonds. The van der Waals surface area contributed by atoms with Gasteiger partial charge in [0.15, 0.2) is 0 Å². The van der Waals surface area contributed by atoms with E-state index in [-0.39, 0.29) is 34.6 Å². The Bertz CT molecular complexity index is 1890. The number of imide groups is 1. The molecule has 264 valence electrons. The Morgan fingerprint density at radius 3 is 2.27 bits per heavy atom. The molecule has 0 spiro atoms. The molecule has 4 atom stereocenters. The van der Waals surface area contributed by atoms with E-state index in [0.717, 1.165) is 28.9 Å². The number of rotatable bonds is 11. The third-order valence-corrected chi connectivity index (χ3v) is 16.8. The lowest BCUT2D eigenvalue weighted by Crippen LogP contribution is -2.66. The molecule has 6 nitrogen and oxygen atoms in total. The first kappa shape index (κ1) is 35.3. The van der Waals surface area contributed by atoms with Crippen molar-refractivity contribution in [1.82, 2.24) is 4.90 Å². The largest absolute Gasteiger partial charge is 0.508 e. The molecule has 2 fully saturated rings. The third kappa shape index (κ3) is 6.82. The molecule has 0 radical (unpaired) electrons. The van der Waals surface area contributed by atoms with Crippen LogP contribution in [0.2, 0.25) is 5.04 Å². The molecule has 1 N–H and O–H groups in total. The smallest absolute Gasteiger partial charge is 0.261 e. The number of thiophene rings is 1. The molecule has 1 aliphatic carbocycles. The van der Waals surface area contributed by atoms with E-state index < -0.39 is 20.2 Å². The van der Waals surface area contributed by atoms with Crippen LogP contribution in [0.1, 0.15) is 57.4 Å². The molecule has 3 aromatic carbocycles. The van der Waals surface area contributed by atoms with Crippen LogP contribution in [0.15, 0.2) is 119 Å². The van der Waals surface area contributed by atoms with Crippen molar-refractivity contribution in [1.29, 1.82) is 0 Å². The standard InChI is InChI=1S/C43H47NO5SSi/c1-29(23-30-13-11-14-32(45)24-30)20-21-38-39-31(25-36-40(37(39)28-48-38)42(47)44(41(36)46)26-33-15-12-22-50-33)27-49-51(43(2,3)4,34-16-7-5-8-17-34)35-18-9-6-10-19-35/h5-19,22-24,36-38,40,45H,20-21,25-28H2,1-4H3/b29-23+/t36-,37+,38-,40-/m1/s1. The van der Waals surface area contributed by atoms with Gasteiger partial charge in [0.1, 0.15) is 5.75 Å². The average Bonchev–Trinajstić information content (AvgIpc) is 3.84. The summed E-state index contributed by atoms with van der Waals surface area (Å²) >= 11 is 1.57. The molecule has 51 heavy (non-hydrogen) atoms. The topological polar surface area (TPSA) is 76.1 Å². The number of nitrogens with zero attached hydrogens (tertiary/aromatic N) is 1. The molecule has 7 rings (SSSR count). The van der Waals surface area contributed by atoms with Crippen LogP contribution in [0.5, 0.6) is 5.75 Å². The highest BCUT2D eigenvalue weighted by atomic mass is 32.1. The maximum atomic E-state index is 14.1. The van der Waals surface area contributed by atoms with Gasteiger partial charge in [0.2, 0.25) is 11.8 Å². The summed E-state index contributed by atoms with van der Waals surface area (Å²) in [5.41, 5.74) is 4.42. The fraction of sp³-hybridized carbons (Fsp3) is 0.349. The highest BCUT2D eigenvalue weighted by Crippen LogP contribution is 2.51. The number of phenols is 1. The van der Waals surface area contributed by atoms with Gasteiger partial charge in [-0.3, -0.25) is 14.5 Å². The van der Waals surface area contributed by atoms with Crippen LogP contribution < -0.4 is 10.4 Å². The first-order valence-electron chi connectivity index (χ1n) is 18.0. The number of hydrogen-bond donors (Lipinski definition) is 1. The van der Waals surface area contributed by atoms with Crippen molar-refractivity contribution in [2.45, 2.75) is 64.6 Å². The summed E-state index contributed by atoms with van der Waals surface area (Å²) in [6.07, 6.45) is 3.99. The van der Waals surface area contributed by atoms with Crippen LogP contribution in [-0.4, -0.2) is 49.5 Å². The predicted molar refractivity (Wildman–Crippen MR) is 206 cm³/mol. The number of phenolic OH excluding ortho intramolecular Hbond substituents is 1. The monoisotopic (exact) mass is 717 g/mol. The van der Waals surface area contributed by atoms with Crippen LogP contribution in [-0.2, 0) is 25.3 Å². The van der Waals surface area contributed by atoms with Gasteiger partial charge in [-0.25, -0.2) is 0 Å². The van der Waals surface area contributed by atoms with E-state index in [1.54, 1.807) is 23.5 Å². The number of amides is 2. The van der Waals surface area contributed by atoms with E-state index in [1.165, 1.54) is 26.4 Å². The van der Waals surface area contributed by atoms with E-state index in [1.807, 2.05) is 29.6 Å². The van der Waals surface area contributed by atoms with Gasteiger partial charge in [-0.15, -0.1) is 11.3 Å². The van der Waals surface area contributed by atoms with E-state index in [2.05, 4.69) is 94.4 Å².